The van der Waals surface area contributed by atoms with Gasteiger partial charge in [0.1, 0.15) is 0 Å². The number of aliphatic hydroxyl groups is 1. The summed E-state index contributed by atoms with van der Waals surface area (Å²) in [6.07, 6.45) is -0.171. The van der Waals surface area contributed by atoms with Crippen molar-refractivity contribution in [2.24, 2.45) is 0 Å². The van der Waals surface area contributed by atoms with Crippen LogP contribution < -0.4 is 10.2 Å². The Morgan fingerprint density at radius 2 is 1.44 bits per heavy atom. The number of aliphatic hydroxyl groups excluding tert-OH is 1. The number of para-hydroxylation sites is 1. The molecule has 194 valence electrons. The molecular weight excluding hydrogens is 490 g/mol. The molecule has 2 N–H and O–H groups in total. The Labute approximate surface area is 226 Å². The molecule has 2 atom stereocenters. The second-order valence-corrected chi connectivity index (χ2v) is 9.88. The smallest absolute Gasteiger partial charge is 0.258 e. The summed E-state index contributed by atoms with van der Waals surface area (Å²) in [5.41, 5.74) is 4.35. The molecule has 2 aliphatic rings. The molecule has 1 saturated heterocycles. The van der Waals surface area contributed by atoms with Crippen LogP contribution >= 0.6 is 0 Å². The van der Waals surface area contributed by atoms with Crippen LogP contribution in [0.1, 0.15) is 37.5 Å². The summed E-state index contributed by atoms with van der Waals surface area (Å²) in [4.78, 5) is 43.3. The number of carbonyl (C=O) groups excluding carboxylic acids is 3. The molecule has 6 rings (SSSR count). The van der Waals surface area contributed by atoms with Crippen LogP contribution in [0.5, 0.6) is 0 Å². The highest BCUT2D eigenvalue weighted by molar-refractivity contribution is 6.12. The molecule has 0 saturated carbocycles. The highest BCUT2D eigenvalue weighted by atomic mass is 16.3. The lowest BCUT2D eigenvalue weighted by atomic mass is 9.99. The molecule has 0 unspecified atom stereocenters. The predicted octanol–water partition coefficient (Wildman–Crippen LogP) is 4.84. The van der Waals surface area contributed by atoms with E-state index < -0.39 is 6.10 Å². The maximum atomic E-state index is 13.7. The van der Waals surface area contributed by atoms with Gasteiger partial charge in [0.05, 0.1) is 23.4 Å². The maximum Gasteiger partial charge on any atom is 0.258 e. The van der Waals surface area contributed by atoms with Crippen molar-refractivity contribution >= 4 is 29.1 Å². The van der Waals surface area contributed by atoms with Crippen LogP contribution in [0.2, 0.25) is 0 Å². The molecule has 4 aromatic carbocycles. The van der Waals surface area contributed by atoms with Crippen LogP contribution in [-0.2, 0) is 0 Å². The number of fused-ring (bicyclic) bond motifs is 2. The monoisotopic (exact) mass is 517 g/mol. The van der Waals surface area contributed by atoms with Crippen LogP contribution in [0.3, 0.4) is 0 Å². The number of rotatable bonds is 4. The highest BCUT2D eigenvalue weighted by Crippen LogP contribution is 2.33. The van der Waals surface area contributed by atoms with Gasteiger partial charge in [-0.15, -0.1) is 0 Å². The van der Waals surface area contributed by atoms with Gasteiger partial charge in [0.25, 0.3) is 17.7 Å². The molecule has 39 heavy (non-hydrogen) atoms. The van der Waals surface area contributed by atoms with Crippen molar-refractivity contribution in [1.29, 1.82) is 0 Å². The van der Waals surface area contributed by atoms with Crippen LogP contribution in [0, 0.1) is 0 Å². The van der Waals surface area contributed by atoms with Crippen molar-refractivity contribution in [2.75, 3.05) is 23.3 Å². The zero-order valence-corrected chi connectivity index (χ0v) is 21.2. The topological polar surface area (TPSA) is 89.9 Å². The first-order chi connectivity index (χ1) is 19.0. The fraction of sp³-hybridized carbons (Fsp3) is 0.156. The Hall–Kier alpha value is -4.75. The summed E-state index contributed by atoms with van der Waals surface area (Å²) in [6, 6.07) is 30.8. The minimum absolute atomic E-state index is 0.170. The summed E-state index contributed by atoms with van der Waals surface area (Å²) >= 11 is 0. The molecule has 3 amide bonds. The Kier molecular flexibility index (Phi) is 6.42. The van der Waals surface area contributed by atoms with Gasteiger partial charge in [-0.25, -0.2) is 0 Å². The van der Waals surface area contributed by atoms with Crippen molar-refractivity contribution in [3.8, 4) is 11.1 Å². The fourth-order valence-electron chi connectivity index (χ4n) is 5.46. The molecule has 7 heteroatoms. The standard InChI is InChI=1S/C32H27N3O4/c36-25-18-24-19-35(29-13-7-6-12-28(29)32(39)34(24)20-25)31(38)22-14-16-23(17-15-22)33-30(37)27-11-5-4-10-26(27)21-8-2-1-3-9-21/h1-17,24-25,36H,18-20H2,(H,33,37)/t24-,25+/m0/s1. The first-order valence-corrected chi connectivity index (χ1v) is 13.0. The molecule has 2 heterocycles. The first kappa shape index (κ1) is 24.6. The van der Waals surface area contributed by atoms with E-state index in [0.29, 0.717) is 41.0 Å². The number of hydrogen-bond acceptors (Lipinski definition) is 4. The second kappa shape index (κ2) is 10.2. The van der Waals surface area contributed by atoms with E-state index >= 15 is 0 Å². The molecule has 2 aliphatic heterocycles. The minimum Gasteiger partial charge on any atom is -0.391 e. The van der Waals surface area contributed by atoms with Crippen molar-refractivity contribution in [1.82, 2.24) is 4.90 Å². The third-order valence-electron chi connectivity index (χ3n) is 7.36. The first-order valence-electron chi connectivity index (χ1n) is 13.0. The van der Waals surface area contributed by atoms with E-state index in [-0.39, 0.29) is 30.3 Å². The van der Waals surface area contributed by atoms with Gasteiger partial charge in [-0.1, -0.05) is 60.7 Å². The number of nitrogens with zero attached hydrogens (tertiary/aromatic N) is 2. The Bertz CT molecular complexity index is 1550. The van der Waals surface area contributed by atoms with Crippen molar-refractivity contribution in [2.45, 2.75) is 18.6 Å². The lowest BCUT2D eigenvalue weighted by molar-refractivity contribution is 0.0724. The van der Waals surface area contributed by atoms with Crippen molar-refractivity contribution in [3.05, 3.63) is 120 Å². The van der Waals surface area contributed by atoms with Gasteiger partial charge in [-0.2, -0.15) is 0 Å². The summed E-state index contributed by atoms with van der Waals surface area (Å²) in [7, 11) is 0. The van der Waals surface area contributed by atoms with Gasteiger partial charge in [-0.3, -0.25) is 14.4 Å². The Morgan fingerprint density at radius 1 is 0.769 bits per heavy atom. The SMILES string of the molecule is O=C(Nc1ccc(C(=O)N2C[C@@H]3C[C@@H](O)CN3C(=O)c3ccccc32)cc1)c1ccccc1-c1ccccc1. The van der Waals surface area contributed by atoms with Crippen LogP contribution in [-0.4, -0.2) is 53.0 Å². The average molecular weight is 518 g/mol. The van der Waals surface area contributed by atoms with Crippen LogP contribution in [0.15, 0.2) is 103 Å². The summed E-state index contributed by atoms with van der Waals surface area (Å²) in [5, 5.41) is 13.1. The van der Waals surface area contributed by atoms with Crippen LogP contribution in [0.25, 0.3) is 11.1 Å². The van der Waals surface area contributed by atoms with Gasteiger partial charge in [0, 0.05) is 29.9 Å². The van der Waals surface area contributed by atoms with E-state index in [1.807, 2.05) is 54.6 Å². The number of amides is 3. The second-order valence-electron chi connectivity index (χ2n) is 9.88. The average Bonchev–Trinajstić information content (AvgIpc) is 3.31. The van der Waals surface area contributed by atoms with E-state index in [9.17, 15) is 19.5 Å². The van der Waals surface area contributed by atoms with Gasteiger partial charge >= 0.3 is 0 Å². The van der Waals surface area contributed by atoms with Crippen molar-refractivity contribution in [3.63, 3.8) is 0 Å². The number of nitrogens with one attached hydrogen (secondary N) is 1. The third-order valence-corrected chi connectivity index (χ3v) is 7.36. The lowest BCUT2D eigenvalue weighted by Crippen LogP contribution is -2.42. The van der Waals surface area contributed by atoms with Gasteiger partial charge < -0.3 is 20.2 Å². The Morgan fingerprint density at radius 3 is 2.21 bits per heavy atom. The lowest BCUT2D eigenvalue weighted by Gasteiger charge is -2.26. The number of carbonyl (C=O) groups is 3. The molecule has 0 bridgehead atoms. The molecule has 4 aromatic rings. The van der Waals surface area contributed by atoms with Gasteiger partial charge in [-0.05, 0) is 60.0 Å². The summed E-state index contributed by atoms with van der Waals surface area (Å²) in [6.45, 7) is 0.565. The molecule has 0 spiro atoms. The van der Waals surface area contributed by atoms with Crippen LogP contribution in [0.4, 0.5) is 11.4 Å². The molecule has 1 fully saturated rings. The molecule has 7 nitrogen and oxygen atoms in total. The van der Waals surface area contributed by atoms with E-state index in [4.69, 9.17) is 0 Å². The highest BCUT2D eigenvalue weighted by Gasteiger charge is 2.41. The van der Waals surface area contributed by atoms with E-state index in [1.165, 1.54) is 0 Å². The molecule has 0 radical (unpaired) electrons. The van der Waals surface area contributed by atoms with E-state index in [2.05, 4.69) is 5.32 Å². The zero-order chi connectivity index (χ0) is 26.9. The maximum absolute atomic E-state index is 13.7. The van der Waals surface area contributed by atoms with Crippen molar-refractivity contribution < 1.29 is 19.5 Å². The number of benzene rings is 4. The number of hydrogen-bond donors (Lipinski definition) is 2. The van der Waals surface area contributed by atoms with E-state index in [1.54, 1.807) is 58.3 Å². The summed E-state index contributed by atoms with van der Waals surface area (Å²) in [5.74, 6) is -0.657. The van der Waals surface area contributed by atoms with E-state index in [0.717, 1.165) is 11.1 Å². The zero-order valence-electron chi connectivity index (χ0n) is 21.2. The molecule has 0 aromatic heterocycles. The fourth-order valence-corrected chi connectivity index (χ4v) is 5.46. The molecular formula is C32H27N3O4. The van der Waals surface area contributed by atoms with Gasteiger partial charge in [0.2, 0.25) is 0 Å². The predicted molar refractivity (Wildman–Crippen MR) is 150 cm³/mol. The Balaban J connectivity index is 1.24. The van der Waals surface area contributed by atoms with Gasteiger partial charge in [0.15, 0.2) is 0 Å². The third kappa shape index (κ3) is 4.69. The minimum atomic E-state index is -0.601. The largest absolute Gasteiger partial charge is 0.391 e. The number of anilines is 2. The summed E-state index contributed by atoms with van der Waals surface area (Å²) < 4.78 is 0. The normalized spacial score (nSPS) is 18.2. The quantitative estimate of drug-likeness (QED) is 0.405. The molecule has 0 aliphatic carbocycles.